The van der Waals surface area contributed by atoms with E-state index in [0.29, 0.717) is 22.8 Å². The molecule has 0 aliphatic heterocycles. The van der Waals surface area contributed by atoms with Crippen LogP contribution in [0.3, 0.4) is 0 Å². The van der Waals surface area contributed by atoms with E-state index in [9.17, 15) is 0 Å². The monoisotopic (exact) mass is 306 g/mol. The van der Waals surface area contributed by atoms with E-state index in [0.717, 1.165) is 5.56 Å². The summed E-state index contributed by atoms with van der Waals surface area (Å²) >= 11 is 1.73. The Morgan fingerprint density at radius 1 is 1.21 bits per heavy atom. The normalized spacial score (nSPS) is 9.86. The van der Waals surface area contributed by atoms with Crippen LogP contribution in [0.2, 0.25) is 0 Å². The number of hydrogen-bond donors (Lipinski definition) is 3. The lowest BCUT2D eigenvalue weighted by molar-refractivity contribution is 0.713. The SMILES string of the molecule is C=Nc1c(C)c(OI)c(N)c(N)c1N. The molecule has 76 valence electrons. The fourth-order valence-corrected chi connectivity index (χ4v) is 1.78. The molecule has 0 heterocycles. The predicted molar refractivity (Wildman–Crippen MR) is 68.3 cm³/mol. The van der Waals surface area contributed by atoms with Gasteiger partial charge in [0.15, 0.2) is 28.8 Å². The number of anilines is 3. The molecule has 14 heavy (non-hydrogen) atoms. The molecule has 0 atom stereocenters. The highest BCUT2D eigenvalue weighted by Gasteiger charge is 2.16. The highest BCUT2D eigenvalue weighted by atomic mass is 127. The largest absolute Gasteiger partial charge is 0.425 e. The third-order valence-electron chi connectivity index (χ3n) is 2.01. The average molecular weight is 306 g/mol. The molecule has 0 bridgehead atoms. The van der Waals surface area contributed by atoms with Crippen LogP contribution in [0.15, 0.2) is 4.99 Å². The third kappa shape index (κ3) is 1.45. The quantitative estimate of drug-likeness (QED) is 0.441. The van der Waals surface area contributed by atoms with Crippen molar-refractivity contribution in [1.29, 1.82) is 0 Å². The standard InChI is InChI=1S/C8H11IN4O/c1-3-7(13-2)5(11)4(10)6(12)8(3)14-9/h2,10-12H2,1H3. The summed E-state index contributed by atoms with van der Waals surface area (Å²) in [7, 11) is 0. The van der Waals surface area contributed by atoms with Gasteiger partial charge in [-0.3, -0.25) is 4.99 Å². The van der Waals surface area contributed by atoms with E-state index in [4.69, 9.17) is 20.3 Å². The summed E-state index contributed by atoms with van der Waals surface area (Å²) in [5.41, 5.74) is 19.3. The summed E-state index contributed by atoms with van der Waals surface area (Å²) in [5.74, 6) is 0.486. The lowest BCUT2D eigenvalue weighted by Crippen LogP contribution is -2.03. The molecular weight excluding hydrogens is 295 g/mol. The van der Waals surface area contributed by atoms with E-state index in [1.165, 1.54) is 0 Å². The average Bonchev–Trinajstić information content (AvgIpc) is 2.16. The van der Waals surface area contributed by atoms with Crippen LogP contribution in [0.25, 0.3) is 0 Å². The number of rotatable bonds is 2. The molecule has 0 aliphatic carbocycles. The van der Waals surface area contributed by atoms with E-state index >= 15 is 0 Å². The van der Waals surface area contributed by atoms with Crippen LogP contribution in [-0.4, -0.2) is 6.72 Å². The first-order valence-electron chi connectivity index (χ1n) is 3.76. The maximum atomic E-state index is 5.72. The van der Waals surface area contributed by atoms with Gasteiger partial charge in [-0.15, -0.1) is 0 Å². The summed E-state index contributed by atoms with van der Waals surface area (Å²) in [6, 6.07) is 0. The molecule has 5 nitrogen and oxygen atoms in total. The van der Waals surface area contributed by atoms with Crippen molar-refractivity contribution in [2.24, 2.45) is 4.99 Å². The minimum Gasteiger partial charge on any atom is -0.425 e. The summed E-state index contributed by atoms with van der Waals surface area (Å²) in [6.07, 6.45) is 0. The maximum absolute atomic E-state index is 5.72. The Labute approximate surface area is 96.0 Å². The Morgan fingerprint density at radius 3 is 2.21 bits per heavy atom. The van der Waals surface area contributed by atoms with Gasteiger partial charge in [-0.25, -0.2) is 0 Å². The van der Waals surface area contributed by atoms with Gasteiger partial charge in [0.25, 0.3) is 0 Å². The molecule has 1 aromatic carbocycles. The van der Waals surface area contributed by atoms with Crippen molar-refractivity contribution in [3.63, 3.8) is 0 Å². The van der Waals surface area contributed by atoms with Gasteiger partial charge in [0, 0.05) is 5.56 Å². The van der Waals surface area contributed by atoms with Crippen LogP contribution in [0.1, 0.15) is 5.56 Å². The van der Waals surface area contributed by atoms with Crippen LogP contribution in [0.4, 0.5) is 22.7 Å². The molecule has 1 aromatic rings. The molecule has 0 aliphatic rings. The molecular formula is C8H11IN4O. The minimum absolute atomic E-state index is 0.282. The summed E-state index contributed by atoms with van der Waals surface area (Å²) in [5, 5.41) is 0. The van der Waals surface area contributed by atoms with Gasteiger partial charge in [-0.05, 0) is 13.6 Å². The number of nitrogens with two attached hydrogens (primary N) is 3. The van der Waals surface area contributed by atoms with Gasteiger partial charge in [0.2, 0.25) is 0 Å². The van der Waals surface area contributed by atoms with E-state index in [2.05, 4.69) is 11.7 Å². The smallest absolute Gasteiger partial charge is 0.192 e. The first-order chi connectivity index (χ1) is 6.54. The second-order valence-electron chi connectivity index (χ2n) is 2.78. The number of hydrogen-bond acceptors (Lipinski definition) is 5. The molecule has 0 amide bonds. The van der Waals surface area contributed by atoms with Crippen molar-refractivity contribution >= 4 is 52.5 Å². The van der Waals surface area contributed by atoms with Gasteiger partial charge in [-0.2, -0.15) is 0 Å². The summed E-state index contributed by atoms with van der Waals surface area (Å²) in [6.45, 7) is 5.21. The lowest BCUT2D eigenvalue weighted by atomic mass is 10.1. The first-order valence-corrected chi connectivity index (χ1v) is 4.65. The van der Waals surface area contributed by atoms with Gasteiger partial charge < -0.3 is 20.3 Å². The van der Waals surface area contributed by atoms with E-state index in [1.807, 2.05) is 0 Å². The topological polar surface area (TPSA) is 99.6 Å². The van der Waals surface area contributed by atoms with Crippen LogP contribution in [0, 0.1) is 6.92 Å². The Kier molecular flexibility index (Phi) is 3.04. The highest BCUT2D eigenvalue weighted by molar-refractivity contribution is 14.1. The van der Waals surface area contributed by atoms with Crippen molar-refractivity contribution in [1.82, 2.24) is 0 Å². The molecule has 0 fully saturated rings. The van der Waals surface area contributed by atoms with Gasteiger partial charge >= 0.3 is 0 Å². The molecule has 0 spiro atoms. The van der Waals surface area contributed by atoms with Crippen LogP contribution < -0.4 is 20.3 Å². The second-order valence-corrected chi connectivity index (χ2v) is 3.22. The maximum Gasteiger partial charge on any atom is 0.192 e. The molecule has 6 heteroatoms. The molecule has 0 unspecified atom stereocenters. The molecule has 6 N–H and O–H groups in total. The van der Waals surface area contributed by atoms with Crippen LogP contribution in [-0.2, 0) is 0 Å². The summed E-state index contributed by atoms with van der Waals surface area (Å²) < 4.78 is 5.08. The zero-order chi connectivity index (χ0) is 10.9. The first kappa shape index (κ1) is 10.9. The van der Waals surface area contributed by atoms with Crippen molar-refractivity contribution in [2.75, 3.05) is 17.2 Å². The number of halogens is 1. The van der Waals surface area contributed by atoms with Gasteiger partial charge in [0.05, 0.1) is 17.1 Å². The lowest BCUT2D eigenvalue weighted by Gasteiger charge is -2.14. The van der Waals surface area contributed by atoms with E-state index < -0.39 is 0 Å². The van der Waals surface area contributed by atoms with Crippen molar-refractivity contribution < 1.29 is 3.07 Å². The molecule has 0 saturated heterocycles. The van der Waals surface area contributed by atoms with Crippen molar-refractivity contribution in [3.05, 3.63) is 5.56 Å². The Hall–Kier alpha value is -1.18. The van der Waals surface area contributed by atoms with E-state index in [1.54, 1.807) is 29.9 Å². The predicted octanol–water partition coefficient (Wildman–Crippen LogP) is 1.80. The van der Waals surface area contributed by atoms with Crippen LogP contribution in [0.5, 0.6) is 5.75 Å². The number of benzene rings is 1. The Bertz CT molecular complexity index is 392. The Balaban J connectivity index is 3.64. The molecule has 0 radical (unpaired) electrons. The molecule has 1 rings (SSSR count). The fraction of sp³-hybridized carbons (Fsp3) is 0.125. The zero-order valence-electron chi connectivity index (χ0n) is 7.67. The van der Waals surface area contributed by atoms with Gasteiger partial charge in [0.1, 0.15) is 5.69 Å². The zero-order valence-corrected chi connectivity index (χ0v) is 9.83. The molecule has 0 saturated carbocycles. The van der Waals surface area contributed by atoms with Crippen molar-refractivity contribution in [2.45, 2.75) is 6.92 Å². The highest BCUT2D eigenvalue weighted by Crippen LogP contribution is 2.44. The fourth-order valence-electron chi connectivity index (χ4n) is 1.21. The van der Waals surface area contributed by atoms with Crippen molar-refractivity contribution in [3.8, 4) is 5.75 Å². The van der Waals surface area contributed by atoms with Gasteiger partial charge in [-0.1, -0.05) is 0 Å². The Morgan fingerprint density at radius 2 is 1.79 bits per heavy atom. The molecule has 0 aromatic heterocycles. The minimum atomic E-state index is 0.282. The summed E-state index contributed by atoms with van der Waals surface area (Å²) in [4.78, 5) is 3.79. The van der Waals surface area contributed by atoms with E-state index in [-0.39, 0.29) is 5.69 Å². The number of nitrogen functional groups attached to an aromatic ring is 3. The van der Waals surface area contributed by atoms with Crippen LogP contribution >= 0.6 is 23.0 Å². The number of aliphatic imine (C=N–C) groups is 1. The second kappa shape index (κ2) is 3.91. The number of nitrogens with zero attached hydrogens (tertiary/aromatic N) is 1. The third-order valence-corrected chi connectivity index (χ3v) is 2.45.